The van der Waals surface area contributed by atoms with Gasteiger partial charge in [0.25, 0.3) is 5.91 Å². The van der Waals surface area contributed by atoms with Crippen molar-refractivity contribution in [2.75, 3.05) is 5.75 Å². The van der Waals surface area contributed by atoms with Crippen molar-refractivity contribution >= 4 is 29.6 Å². The monoisotopic (exact) mass is 414 g/mol. The Morgan fingerprint density at radius 1 is 1.28 bits per heavy atom. The number of nitrogens with one attached hydrogen (secondary N) is 2. The topological polar surface area (TPSA) is 109 Å². The Bertz CT molecular complexity index is 923. The Balaban J connectivity index is 1.33. The van der Waals surface area contributed by atoms with Crippen LogP contribution in [0.2, 0.25) is 0 Å². The van der Waals surface area contributed by atoms with E-state index in [-0.39, 0.29) is 11.7 Å². The number of aromatic nitrogens is 3. The molecule has 1 spiro atoms. The van der Waals surface area contributed by atoms with Gasteiger partial charge in [0, 0.05) is 0 Å². The predicted molar refractivity (Wildman–Crippen MR) is 106 cm³/mol. The lowest BCUT2D eigenvalue weighted by Gasteiger charge is -2.33. The fraction of sp³-hybridized carbons (Fsp3) is 0.421. The molecule has 1 aliphatic heterocycles. The van der Waals surface area contributed by atoms with Crippen molar-refractivity contribution in [1.82, 2.24) is 30.5 Å². The van der Waals surface area contributed by atoms with Gasteiger partial charge in [0.2, 0.25) is 11.1 Å². The van der Waals surface area contributed by atoms with Crippen molar-refractivity contribution in [1.29, 1.82) is 0 Å². The Labute approximate surface area is 172 Å². The van der Waals surface area contributed by atoms with Crippen molar-refractivity contribution in [2.45, 2.75) is 43.3 Å². The smallest absolute Gasteiger partial charge is 0.322 e. The van der Waals surface area contributed by atoms with E-state index in [0.717, 1.165) is 35.3 Å². The van der Waals surface area contributed by atoms with Gasteiger partial charge in [-0.15, -0.1) is 5.10 Å². The number of benzene rings is 1. The molecule has 2 aliphatic rings. The molecule has 1 aromatic heterocycles. The summed E-state index contributed by atoms with van der Waals surface area (Å²) in [5, 5.41) is 8.34. The lowest BCUT2D eigenvalue weighted by Crippen LogP contribution is -2.51. The van der Waals surface area contributed by atoms with E-state index < -0.39 is 17.5 Å². The summed E-state index contributed by atoms with van der Waals surface area (Å²) in [6, 6.07) is 8.93. The fourth-order valence-electron chi connectivity index (χ4n) is 3.62. The molecule has 4 rings (SSSR count). The molecule has 1 aliphatic carbocycles. The highest BCUT2D eigenvalue weighted by Gasteiger charge is 2.52. The molecule has 2 N–H and O–H groups in total. The highest BCUT2D eigenvalue weighted by atomic mass is 32.2. The first-order chi connectivity index (χ1) is 14.0. The van der Waals surface area contributed by atoms with E-state index in [9.17, 15) is 14.4 Å². The maximum Gasteiger partial charge on any atom is 0.344 e. The minimum Gasteiger partial charge on any atom is -0.322 e. The predicted octanol–water partition coefficient (Wildman–Crippen LogP) is 1.89. The van der Waals surface area contributed by atoms with E-state index in [1.54, 1.807) is 11.0 Å². The zero-order valence-corrected chi connectivity index (χ0v) is 16.8. The van der Waals surface area contributed by atoms with E-state index in [1.165, 1.54) is 0 Å². The number of rotatable bonds is 5. The zero-order valence-electron chi connectivity index (χ0n) is 16.0. The van der Waals surface area contributed by atoms with Gasteiger partial charge in [-0.1, -0.05) is 36.9 Å². The lowest BCUT2D eigenvalue weighted by molar-refractivity contribution is -0.139. The summed E-state index contributed by atoms with van der Waals surface area (Å²) in [5.41, 5.74) is 2.41. The molecule has 1 saturated heterocycles. The summed E-state index contributed by atoms with van der Waals surface area (Å²) in [6.45, 7) is 2.14. The summed E-state index contributed by atoms with van der Waals surface area (Å²) in [4.78, 5) is 41.5. The number of hydrazine groups is 1. The summed E-state index contributed by atoms with van der Waals surface area (Å²) < 4.78 is 1.62. The van der Waals surface area contributed by atoms with Gasteiger partial charge in [0.15, 0.2) is 0 Å². The Hall–Kier alpha value is -2.88. The number of imide groups is 1. The first-order valence-electron chi connectivity index (χ1n) is 9.53. The van der Waals surface area contributed by atoms with Crippen LogP contribution in [0.1, 0.15) is 32.6 Å². The van der Waals surface area contributed by atoms with Gasteiger partial charge in [-0.25, -0.2) is 14.5 Å². The number of carbonyl (C=O) groups excluding carboxylic acids is 3. The molecule has 29 heavy (non-hydrogen) atoms. The number of thioether (sulfide) groups is 1. The third-order valence-electron chi connectivity index (χ3n) is 5.35. The van der Waals surface area contributed by atoms with Crippen LogP contribution in [0.25, 0.3) is 5.69 Å². The second-order valence-corrected chi connectivity index (χ2v) is 8.41. The third-order valence-corrected chi connectivity index (χ3v) is 6.20. The molecule has 2 aromatic rings. The first-order valence-corrected chi connectivity index (χ1v) is 10.5. The number of urea groups is 1. The molecule has 152 valence electrons. The average molecular weight is 414 g/mol. The number of hydrogen-bond acceptors (Lipinski definition) is 6. The van der Waals surface area contributed by atoms with Gasteiger partial charge in [0.05, 0.1) is 11.4 Å². The van der Waals surface area contributed by atoms with Crippen LogP contribution in [0.3, 0.4) is 0 Å². The highest BCUT2D eigenvalue weighted by Crippen LogP contribution is 2.35. The van der Waals surface area contributed by atoms with Gasteiger partial charge < -0.3 is 5.32 Å². The third kappa shape index (κ3) is 3.98. The summed E-state index contributed by atoms with van der Waals surface area (Å²) in [6.07, 6.45) is 4.51. The SMILES string of the molecule is CC1CCC2(CC1)NC(=O)N(NC(=O)CSc1ncn(-c3ccccc3)n1)C2=O. The molecule has 1 saturated carbocycles. The van der Waals surface area contributed by atoms with Gasteiger partial charge in [0.1, 0.15) is 11.9 Å². The molecule has 10 heteroatoms. The molecule has 1 aromatic carbocycles. The number of carbonyl (C=O) groups is 3. The molecule has 2 heterocycles. The van der Waals surface area contributed by atoms with Crippen molar-refractivity contribution in [3.8, 4) is 5.69 Å². The van der Waals surface area contributed by atoms with Crippen molar-refractivity contribution in [2.24, 2.45) is 5.92 Å². The van der Waals surface area contributed by atoms with E-state index in [2.05, 4.69) is 27.7 Å². The molecular weight excluding hydrogens is 392 g/mol. The minimum atomic E-state index is -0.875. The van der Waals surface area contributed by atoms with Gasteiger partial charge in [-0.2, -0.15) is 5.01 Å². The summed E-state index contributed by atoms with van der Waals surface area (Å²) in [5.74, 6) is -0.316. The van der Waals surface area contributed by atoms with E-state index in [1.807, 2.05) is 30.3 Å². The van der Waals surface area contributed by atoms with Crippen LogP contribution >= 0.6 is 11.8 Å². The molecule has 0 radical (unpaired) electrons. The molecule has 9 nitrogen and oxygen atoms in total. The van der Waals surface area contributed by atoms with E-state index >= 15 is 0 Å². The minimum absolute atomic E-state index is 0.0140. The fourth-order valence-corrected chi connectivity index (χ4v) is 4.21. The van der Waals surface area contributed by atoms with Gasteiger partial charge in [-0.3, -0.25) is 15.0 Å². The summed E-state index contributed by atoms with van der Waals surface area (Å²) >= 11 is 1.13. The Kier molecular flexibility index (Phi) is 5.27. The standard InChI is InChI=1S/C19H22N6O3S/c1-13-7-9-19(10-8-13)16(27)25(18(28)21-19)22-15(26)11-29-17-20-12-24(23-17)14-5-3-2-4-6-14/h2-6,12-13H,7-11H2,1H3,(H,21,28)(H,22,26). The van der Waals surface area contributed by atoms with Crippen LogP contribution in [0.15, 0.2) is 41.8 Å². The van der Waals surface area contributed by atoms with Crippen molar-refractivity contribution < 1.29 is 14.4 Å². The van der Waals surface area contributed by atoms with Crippen molar-refractivity contribution in [3.05, 3.63) is 36.7 Å². The second kappa shape index (κ2) is 7.86. The quantitative estimate of drug-likeness (QED) is 0.571. The second-order valence-electron chi connectivity index (χ2n) is 7.47. The van der Waals surface area contributed by atoms with E-state index in [0.29, 0.717) is 23.9 Å². The largest absolute Gasteiger partial charge is 0.344 e. The molecule has 0 unspecified atom stereocenters. The molecule has 0 bridgehead atoms. The van der Waals surface area contributed by atoms with Crippen LogP contribution < -0.4 is 10.7 Å². The Morgan fingerprint density at radius 3 is 2.72 bits per heavy atom. The molecule has 2 fully saturated rings. The van der Waals surface area contributed by atoms with Crippen LogP contribution in [0.4, 0.5) is 4.79 Å². The lowest BCUT2D eigenvalue weighted by atomic mass is 9.77. The number of hydrogen-bond donors (Lipinski definition) is 2. The Morgan fingerprint density at radius 2 is 2.00 bits per heavy atom. The maximum absolute atomic E-state index is 12.8. The number of amides is 4. The van der Waals surface area contributed by atoms with Crippen LogP contribution in [0, 0.1) is 5.92 Å². The highest BCUT2D eigenvalue weighted by molar-refractivity contribution is 7.99. The zero-order chi connectivity index (χ0) is 20.4. The summed E-state index contributed by atoms with van der Waals surface area (Å²) in [7, 11) is 0. The molecule has 0 atom stereocenters. The van der Waals surface area contributed by atoms with Crippen LogP contribution in [-0.2, 0) is 9.59 Å². The van der Waals surface area contributed by atoms with Crippen LogP contribution in [-0.4, -0.2) is 48.9 Å². The van der Waals surface area contributed by atoms with Gasteiger partial charge in [-0.05, 0) is 43.7 Å². The first kappa shape index (κ1) is 19.4. The average Bonchev–Trinajstić information content (AvgIpc) is 3.29. The number of nitrogens with zero attached hydrogens (tertiary/aromatic N) is 4. The normalized spacial score (nSPS) is 24.0. The molecular formula is C19H22N6O3S. The number of para-hydroxylation sites is 1. The van der Waals surface area contributed by atoms with Crippen LogP contribution in [0.5, 0.6) is 0 Å². The maximum atomic E-state index is 12.8. The van der Waals surface area contributed by atoms with Gasteiger partial charge >= 0.3 is 6.03 Å². The van der Waals surface area contributed by atoms with E-state index in [4.69, 9.17) is 0 Å². The van der Waals surface area contributed by atoms with Crippen molar-refractivity contribution in [3.63, 3.8) is 0 Å². The molecule has 4 amide bonds.